The third-order valence-electron chi connectivity index (χ3n) is 8.90. The van der Waals surface area contributed by atoms with Crippen molar-refractivity contribution in [3.05, 3.63) is 154 Å². The van der Waals surface area contributed by atoms with Crippen molar-refractivity contribution in [2.45, 2.75) is 5.41 Å². The number of benzene rings is 7. The summed E-state index contributed by atoms with van der Waals surface area (Å²) in [5, 5.41) is 7.94. The summed E-state index contributed by atoms with van der Waals surface area (Å²) in [6, 6.07) is 47.6. The Morgan fingerprint density at radius 2 is 1.05 bits per heavy atom. The minimum atomic E-state index is -0.324. The fraction of sp³-hybridized carbons (Fsp3) is 0.0270. The lowest BCUT2D eigenvalue weighted by atomic mass is 9.69. The predicted molar refractivity (Wildman–Crippen MR) is 163 cm³/mol. The van der Waals surface area contributed by atoms with Crippen LogP contribution in [0.1, 0.15) is 22.3 Å². The summed E-state index contributed by atoms with van der Waals surface area (Å²) in [5.74, 6) is 0. The normalized spacial score (nSPS) is 14.1. The molecule has 0 saturated carbocycles. The molecule has 1 heteroatoms. The molecular weight excluding hydrogens is 524 g/mol. The van der Waals surface area contributed by atoms with Gasteiger partial charge in [0.25, 0.3) is 0 Å². The van der Waals surface area contributed by atoms with Gasteiger partial charge in [0.15, 0.2) is 0 Å². The summed E-state index contributed by atoms with van der Waals surface area (Å²) in [5.41, 5.74) is 10.5. The molecule has 0 saturated heterocycles. The molecule has 0 bridgehead atoms. The van der Waals surface area contributed by atoms with Gasteiger partial charge in [-0.15, -0.1) is 0 Å². The van der Waals surface area contributed by atoms with E-state index in [1.54, 1.807) is 0 Å². The summed E-state index contributed by atoms with van der Waals surface area (Å²) >= 11 is 3.78. The van der Waals surface area contributed by atoms with E-state index in [1.807, 2.05) is 0 Å². The van der Waals surface area contributed by atoms with Crippen LogP contribution in [0.3, 0.4) is 0 Å². The van der Waals surface area contributed by atoms with E-state index in [0.29, 0.717) is 0 Å². The van der Waals surface area contributed by atoms with Crippen LogP contribution in [0.25, 0.3) is 54.6 Å². The largest absolute Gasteiger partial charge is 0.0726 e. The van der Waals surface area contributed by atoms with Crippen LogP contribution in [0.5, 0.6) is 0 Å². The lowest BCUT2D eigenvalue weighted by Crippen LogP contribution is -2.26. The molecule has 7 aromatic carbocycles. The van der Waals surface area contributed by atoms with Gasteiger partial charge in [0, 0.05) is 4.47 Å². The molecule has 9 rings (SSSR count). The summed E-state index contributed by atoms with van der Waals surface area (Å²) in [6.45, 7) is 0. The minimum absolute atomic E-state index is 0.324. The molecule has 0 N–H and O–H groups in total. The van der Waals surface area contributed by atoms with Crippen molar-refractivity contribution in [3.63, 3.8) is 0 Å². The Bertz CT molecular complexity index is 2100. The molecule has 2 aliphatic rings. The van der Waals surface area contributed by atoms with Crippen LogP contribution in [0.2, 0.25) is 0 Å². The fourth-order valence-electron chi connectivity index (χ4n) is 7.48. The summed E-state index contributed by atoms with van der Waals surface area (Å²) in [7, 11) is 0. The van der Waals surface area contributed by atoms with Crippen LogP contribution in [-0.4, -0.2) is 0 Å². The highest BCUT2D eigenvalue weighted by atomic mass is 79.9. The molecule has 0 aliphatic heterocycles. The Kier molecular flexibility index (Phi) is 3.95. The monoisotopic (exact) mass is 544 g/mol. The molecule has 0 fully saturated rings. The number of rotatable bonds is 1. The average molecular weight is 545 g/mol. The molecule has 0 unspecified atom stereocenters. The van der Waals surface area contributed by atoms with E-state index >= 15 is 0 Å². The van der Waals surface area contributed by atoms with Gasteiger partial charge in [0.1, 0.15) is 0 Å². The Morgan fingerprint density at radius 3 is 1.84 bits per heavy atom. The van der Waals surface area contributed by atoms with Gasteiger partial charge in [0.05, 0.1) is 5.41 Å². The maximum Gasteiger partial charge on any atom is 0.0726 e. The first-order valence-corrected chi connectivity index (χ1v) is 13.9. The van der Waals surface area contributed by atoms with Crippen LogP contribution in [0, 0.1) is 0 Å². The Hall–Kier alpha value is -4.20. The first-order chi connectivity index (χ1) is 18.8. The van der Waals surface area contributed by atoms with E-state index < -0.39 is 0 Å². The first kappa shape index (κ1) is 20.8. The van der Waals surface area contributed by atoms with E-state index in [2.05, 4.69) is 143 Å². The second kappa shape index (κ2) is 7.22. The molecule has 0 nitrogen and oxygen atoms in total. The Morgan fingerprint density at radius 1 is 0.421 bits per heavy atom. The first-order valence-electron chi connectivity index (χ1n) is 13.1. The second-order valence-corrected chi connectivity index (χ2v) is 11.4. The second-order valence-electron chi connectivity index (χ2n) is 10.6. The summed E-state index contributed by atoms with van der Waals surface area (Å²) in [4.78, 5) is 0. The third-order valence-corrected chi connectivity index (χ3v) is 9.59. The van der Waals surface area contributed by atoms with Gasteiger partial charge in [-0.1, -0.05) is 125 Å². The number of hydrogen-bond donors (Lipinski definition) is 0. The molecule has 0 heterocycles. The maximum atomic E-state index is 3.78. The number of fused-ring (bicyclic) bond motifs is 8. The average Bonchev–Trinajstić information content (AvgIpc) is 3.44. The van der Waals surface area contributed by atoms with E-state index in [1.165, 1.54) is 76.8 Å². The van der Waals surface area contributed by atoms with Gasteiger partial charge in [-0.2, -0.15) is 0 Å². The molecule has 176 valence electrons. The van der Waals surface area contributed by atoms with Crippen molar-refractivity contribution < 1.29 is 0 Å². The molecule has 0 radical (unpaired) electrons. The highest BCUT2D eigenvalue weighted by Crippen LogP contribution is 2.62. The van der Waals surface area contributed by atoms with Gasteiger partial charge in [-0.3, -0.25) is 0 Å². The maximum absolute atomic E-state index is 3.78. The molecule has 0 amide bonds. The Balaban J connectivity index is 1.48. The molecule has 0 aromatic heterocycles. The zero-order valence-corrected chi connectivity index (χ0v) is 22.1. The smallest absolute Gasteiger partial charge is 0.0619 e. The number of halogens is 1. The van der Waals surface area contributed by atoms with E-state index in [0.717, 1.165) is 4.47 Å². The van der Waals surface area contributed by atoms with E-state index in [-0.39, 0.29) is 5.41 Å². The van der Waals surface area contributed by atoms with Crippen LogP contribution in [-0.2, 0) is 5.41 Å². The topological polar surface area (TPSA) is 0 Å². The quantitative estimate of drug-likeness (QED) is 0.180. The fourth-order valence-corrected chi connectivity index (χ4v) is 7.96. The van der Waals surface area contributed by atoms with Gasteiger partial charge in [-0.05, 0) is 95.0 Å². The zero-order valence-electron chi connectivity index (χ0n) is 20.5. The minimum Gasteiger partial charge on any atom is -0.0619 e. The summed E-state index contributed by atoms with van der Waals surface area (Å²) in [6.07, 6.45) is 0. The molecule has 0 atom stereocenters. The summed E-state index contributed by atoms with van der Waals surface area (Å²) < 4.78 is 1.13. The molecule has 38 heavy (non-hydrogen) atoms. The third kappa shape index (κ3) is 2.37. The highest BCUT2D eigenvalue weighted by Gasteiger charge is 2.50. The molecule has 2 aliphatic carbocycles. The predicted octanol–water partition coefficient (Wildman–Crippen LogP) is 10.3. The van der Waals surface area contributed by atoms with Crippen molar-refractivity contribution in [1.29, 1.82) is 0 Å². The van der Waals surface area contributed by atoms with Crippen LogP contribution in [0.4, 0.5) is 0 Å². The van der Waals surface area contributed by atoms with Gasteiger partial charge < -0.3 is 0 Å². The Labute approximate surface area is 229 Å². The van der Waals surface area contributed by atoms with Crippen molar-refractivity contribution in [2.24, 2.45) is 0 Å². The van der Waals surface area contributed by atoms with E-state index in [4.69, 9.17) is 0 Å². The van der Waals surface area contributed by atoms with Crippen LogP contribution < -0.4 is 0 Å². The van der Waals surface area contributed by atoms with Crippen molar-refractivity contribution in [2.75, 3.05) is 0 Å². The SMILES string of the molecule is Brc1ccc(-c2cc3c4c(ccc5cccc(c54)C34c3ccccc3-c3ccccc34)c2)c2ccccc12. The molecule has 7 aromatic rings. The van der Waals surface area contributed by atoms with Gasteiger partial charge in [-0.25, -0.2) is 0 Å². The molecular formula is C37H21Br. The highest BCUT2D eigenvalue weighted by molar-refractivity contribution is 9.10. The van der Waals surface area contributed by atoms with Crippen molar-refractivity contribution in [3.8, 4) is 22.3 Å². The zero-order chi connectivity index (χ0) is 25.0. The number of hydrogen-bond acceptors (Lipinski definition) is 0. The van der Waals surface area contributed by atoms with Crippen LogP contribution in [0.15, 0.2) is 132 Å². The van der Waals surface area contributed by atoms with Gasteiger partial charge >= 0.3 is 0 Å². The lowest BCUT2D eigenvalue weighted by molar-refractivity contribution is 0.797. The lowest BCUT2D eigenvalue weighted by Gasteiger charge is -2.31. The van der Waals surface area contributed by atoms with Gasteiger partial charge in [0.2, 0.25) is 0 Å². The van der Waals surface area contributed by atoms with Crippen molar-refractivity contribution >= 4 is 48.2 Å². The van der Waals surface area contributed by atoms with Crippen LogP contribution >= 0.6 is 15.9 Å². The van der Waals surface area contributed by atoms with E-state index in [9.17, 15) is 0 Å². The standard InChI is InChI=1S/C37H21Br/c38-34-19-18-25(26-9-1-2-12-29(26)34)24-20-23-17-16-22-8-7-15-32-35(22)36(23)33(21-24)37(32)30-13-5-3-10-27(30)28-11-4-6-14-31(28)37/h1-21H. The molecule has 1 spiro atoms. The van der Waals surface area contributed by atoms with Crippen molar-refractivity contribution in [1.82, 2.24) is 0 Å².